The van der Waals surface area contributed by atoms with Crippen LogP contribution in [0.1, 0.15) is 24.4 Å². The number of aliphatic hydroxyl groups is 1. The van der Waals surface area contributed by atoms with Crippen molar-refractivity contribution in [2.24, 2.45) is 5.92 Å². The van der Waals surface area contributed by atoms with Crippen LogP contribution in [0.2, 0.25) is 0 Å². The summed E-state index contributed by atoms with van der Waals surface area (Å²) in [5.41, 5.74) is 0.109. The van der Waals surface area contributed by atoms with Crippen LogP contribution < -0.4 is 10.7 Å². The van der Waals surface area contributed by atoms with Crippen molar-refractivity contribution in [2.45, 2.75) is 19.9 Å². The van der Waals surface area contributed by atoms with E-state index >= 15 is 0 Å². The van der Waals surface area contributed by atoms with Gasteiger partial charge in [-0.3, -0.25) is 9.59 Å². The molecule has 5 nitrogen and oxygen atoms in total. The van der Waals surface area contributed by atoms with Crippen LogP contribution in [0.4, 0.5) is 0 Å². The third kappa shape index (κ3) is 2.88. The first-order chi connectivity index (χ1) is 9.52. The maximum Gasteiger partial charge on any atom is 0.287 e. The fourth-order valence-electron chi connectivity index (χ4n) is 1.88. The van der Waals surface area contributed by atoms with Crippen molar-refractivity contribution in [2.75, 3.05) is 6.61 Å². The first kappa shape index (κ1) is 14.3. The van der Waals surface area contributed by atoms with Gasteiger partial charge in [0.1, 0.15) is 5.58 Å². The number of aliphatic hydroxyl groups excluding tert-OH is 1. The second kappa shape index (κ2) is 5.88. The number of nitrogens with one attached hydrogen (secondary N) is 1. The number of amides is 1. The fraction of sp³-hybridized carbons (Fsp3) is 0.333. The summed E-state index contributed by atoms with van der Waals surface area (Å²) in [6, 6.07) is 7.55. The molecule has 2 aromatic rings. The van der Waals surface area contributed by atoms with Gasteiger partial charge >= 0.3 is 0 Å². The van der Waals surface area contributed by atoms with Gasteiger partial charge in [0.25, 0.3) is 5.91 Å². The van der Waals surface area contributed by atoms with Crippen molar-refractivity contribution in [3.05, 3.63) is 46.3 Å². The number of para-hydroxylation sites is 1. The largest absolute Gasteiger partial charge is 0.451 e. The molecule has 1 aromatic carbocycles. The maximum absolute atomic E-state index is 12.1. The Balaban J connectivity index is 2.33. The highest BCUT2D eigenvalue weighted by molar-refractivity contribution is 5.93. The predicted molar refractivity (Wildman–Crippen MR) is 75.7 cm³/mol. The lowest BCUT2D eigenvalue weighted by Gasteiger charge is -2.19. The average Bonchev–Trinajstić information content (AvgIpc) is 2.44. The molecule has 2 N–H and O–H groups in total. The molecular formula is C15H17NO4. The normalized spacial score (nSPS) is 12.6. The van der Waals surface area contributed by atoms with Crippen LogP contribution in [-0.2, 0) is 0 Å². The predicted octanol–water partition coefficient (Wildman–Crippen LogP) is 1.54. The molecule has 0 radical (unpaired) electrons. The van der Waals surface area contributed by atoms with Crippen molar-refractivity contribution in [3.8, 4) is 0 Å². The molecule has 0 saturated heterocycles. The zero-order valence-corrected chi connectivity index (χ0v) is 11.4. The van der Waals surface area contributed by atoms with Crippen molar-refractivity contribution in [1.82, 2.24) is 5.32 Å². The molecule has 0 bridgehead atoms. The third-order valence-electron chi connectivity index (χ3n) is 3.18. The minimum atomic E-state index is -0.499. The van der Waals surface area contributed by atoms with E-state index in [-0.39, 0.29) is 29.8 Å². The Hall–Kier alpha value is -2.14. The lowest BCUT2D eigenvalue weighted by atomic mass is 10.1. The molecule has 1 aromatic heterocycles. The summed E-state index contributed by atoms with van der Waals surface area (Å²) >= 11 is 0. The topological polar surface area (TPSA) is 79.5 Å². The van der Waals surface area contributed by atoms with Gasteiger partial charge in [-0.25, -0.2) is 0 Å². The van der Waals surface area contributed by atoms with Crippen LogP contribution in [0, 0.1) is 5.92 Å². The number of fused-ring (bicyclic) bond motifs is 1. The van der Waals surface area contributed by atoms with E-state index in [1.165, 1.54) is 6.07 Å². The molecule has 2 rings (SSSR count). The monoisotopic (exact) mass is 275 g/mol. The van der Waals surface area contributed by atoms with E-state index in [9.17, 15) is 14.7 Å². The quantitative estimate of drug-likeness (QED) is 0.887. The smallest absolute Gasteiger partial charge is 0.287 e. The Morgan fingerprint density at radius 2 is 2.05 bits per heavy atom. The van der Waals surface area contributed by atoms with E-state index in [4.69, 9.17) is 4.42 Å². The number of hydrogen-bond donors (Lipinski definition) is 2. The SMILES string of the molecule is CC(C)C(CO)NC(=O)c1cc(=O)c2ccccc2o1. The minimum absolute atomic E-state index is 0.0483. The zero-order chi connectivity index (χ0) is 14.7. The molecule has 0 spiro atoms. The van der Waals surface area contributed by atoms with Crippen LogP contribution in [0.15, 0.2) is 39.5 Å². The Bertz CT molecular complexity index is 675. The summed E-state index contributed by atoms with van der Waals surface area (Å²) in [5, 5.41) is 12.3. The van der Waals surface area contributed by atoms with Gasteiger partial charge in [-0.15, -0.1) is 0 Å². The maximum atomic E-state index is 12.1. The Labute approximate surface area is 116 Å². The van der Waals surface area contributed by atoms with E-state index < -0.39 is 5.91 Å². The number of hydrogen-bond acceptors (Lipinski definition) is 4. The molecule has 0 aliphatic carbocycles. The van der Waals surface area contributed by atoms with E-state index in [1.54, 1.807) is 24.3 Å². The third-order valence-corrected chi connectivity index (χ3v) is 3.18. The second-order valence-electron chi connectivity index (χ2n) is 4.98. The van der Waals surface area contributed by atoms with Gasteiger partial charge in [-0.1, -0.05) is 26.0 Å². The van der Waals surface area contributed by atoms with E-state index in [1.807, 2.05) is 13.8 Å². The summed E-state index contributed by atoms with van der Waals surface area (Å²) in [5.74, 6) is -0.468. The standard InChI is InChI=1S/C15H17NO4/c1-9(2)11(8-17)16-15(19)14-7-12(18)10-5-3-4-6-13(10)20-14/h3-7,9,11,17H,8H2,1-2H3,(H,16,19). The summed E-state index contributed by atoms with van der Waals surface area (Å²) in [6.07, 6.45) is 0. The van der Waals surface area contributed by atoms with Crippen molar-refractivity contribution >= 4 is 16.9 Å². The van der Waals surface area contributed by atoms with Gasteiger partial charge in [0.05, 0.1) is 18.0 Å². The molecule has 1 amide bonds. The van der Waals surface area contributed by atoms with Crippen LogP contribution in [0.3, 0.4) is 0 Å². The van der Waals surface area contributed by atoms with Gasteiger partial charge in [0.2, 0.25) is 0 Å². The molecule has 0 aliphatic rings. The molecule has 0 saturated carbocycles. The first-order valence-electron chi connectivity index (χ1n) is 6.47. The number of carbonyl (C=O) groups is 1. The molecule has 20 heavy (non-hydrogen) atoms. The first-order valence-corrected chi connectivity index (χ1v) is 6.47. The molecule has 0 aliphatic heterocycles. The fourth-order valence-corrected chi connectivity index (χ4v) is 1.88. The van der Waals surface area contributed by atoms with E-state index in [0.717, 1.165) is 0 Å². The van der Waals surface area contributed by atoms with Gasteiger partial charge in [0.15, 0.2) is 11.2 Å². The van der Waals surface area contributed by atoms with Crippen molar-refractivity contribution < 1.29 is 14.3 Å². The number of rotatable bonds is 4. The van der Waals surface area contributed by atoms with Crippen LogP contribution >= 0.6 is 0 Å². The van der Waals surface area contributed by atoms with Crippen LogP contribution in [-0.4, -0.2) is 23.7 Å². The minimum Gasteiger partial charge on any atom is -0.451 e. The van der Waals surface area contributed by atoms with Gasteiger partial charge in [0, 0.05) is 6.07 Å². The Morgan fingerprint density at radius 3 is 2.70 bits per heavy atom. The molecule has 1 heterocycles. The Kier molecular flexibility index (Phi) is 4.20. The van der Waals surface area contributed by atoms with Crippen LogP contribution in [0.25, 0.3) is 11.0 Å². The summed E-state index contributed by atoms with van der Waals surface area (Å²) < 4.78 is 5.44. The van der Waals surface area contributed by atoms with E-state index in [0.29, 0.717) is 11.0 Å². The summed E-state index contributed by atoms with van der Waals surface area (Å²) in [4.78, 5) is 24.0. The molecular weight excluding hydrogens is 258 g/mol. The second-order valence-corrected chi connectivity index (χ2v) is 4.98. The average molecular weight is 275 g/mol. The van der Waals surface area contributed by atoms with Gasteiger partial charge < -0.3 is 14.8 Å². The highest BCUT2D eigenvalue weighted by atomic mass is 16.3. The van der Waals surface area contributed by atoms with Gasteiger partial charge in [-0.05, 0) is 18.1 Å². The number of carbonyl (C=O) groups excluding carboxylic acids is 1. The molecule has 1 atom stereocenters. The molecule has 0 fully saturated rings. The zero-order valence-electron chi connectivity index (χ0n) is 11.4. The highest BCUT2D eigenvalue weighted by Crippen LogP contribution is 2.12. The molecule has 5 heteroatoms. The summed E-state index contributed by atoms with van der Waals surface area (Å²) in [6.45, 7) is 3.61. The van der Waals surface area contributed by atoms with Crippen LogP contribution in [0.5, 0.6) is 0 Å². The molecule has 1 unspecified atom stereocenters. The number of benzene rings is 1. The lowest BCUT2D eigenvalue weighted by molar-refractivity contribution is 0.0869. The van der Waals surface area contributed by atoms with E-state index in [2.05, 4.69) is 5.32 Å². The van der Waals surface area contributed by atoms with Crippen molar-refractivity contribution in [3.63, 3.8) is 0 Å². The summed E-state index contributed by atoms with van der Waals surface area (Å²) in [7, 11) is 0. The lowest BCUT2D eigenvalue weighted by Crippen LogP contribution is -2.41. The highest BCUT2D eigenvalue weighted by Gasteiger charge is 2.18. The van der Waals surface area contributed by atoms with Gasteiger partial charge in [-0.2, -0.15) is 0 Å². The molecule has 106 valence electrons. The van der Waals surface area contributed by atoms with Crippen molar-refractivity contribution in [1.29, 1.82) is 0 Å². The Morgan fingerprint density at radius 1 is 1.35 bits per heavy atom.